The first-order valence-electron chi connectivity index (χ1n) is 8.04. The lowest BCUT2D eigenvalue weighted by molar-refractivity contribution is -0.115. The fraction of sp³-hybridized carbons (Fsp3) is 0.100. The van der Waals surface area contributed by atoms with E-state index in [1.54, 1.807) is 12.1 Å². The molecule has 0 aliphatic rings. The van der Waals surface area contributed by atoms with Crippen molar-refractivity contribution in [3.63, 3.8) is 0 Å². The third kappa shape index (κ3) is 4.42. The van der Waals surface area contributed by atoms with Crippen LogP contribution in [0.5, 0.6) is 0 Å². The molecule has 0 spiro atoms. The van der Waals surface area contributed by atoms with Crippen LogP contribution in [0.25, 0.3) is 0 Å². The summed E-state index contributed by atoms with van der Waals surface area (Å²) in [5.41, 5.74) is 3.01. The van der Waals surface area contributed by atoms with Gasteiger partial charge >= 0.3 is 0 Å². The van der Waals surface area contributed by atoms with Gasteiger partial charge in [0.15, 0.2) is 11.6 Å². The Bertz CT molecular complexity index is 927. The fourth-order valence-corrected chi connectivity index (χ4v) is 2.45. The average Bonchev–Trinajstić information content (AvgIpc) is 2.62. The van der Waals surface area contributed by atoms with Crippen LogP contribution < -0.4 is 10.6 Å². The molecule has 4 nitrogen and oxygen atoms in total. The lowest BCUT2D eigenvalue weighted by Gasteiger charge is -2.09. The van der Waals surface area contributed by atoms with Crippen molar-refractivity contribution in [2.45, 2.75) is 13.3 Å². The van der Waals surface area contributed by atoms with E-state index in [4.69, 9.17) is 0 Å². The maximum absolute atomic E-state index is 13.2. The summed E-state index contributed by atoms with van der Waals surface area (Å²) in [6, 6.07) is 14.6. The van der Waals surface area contributed by atoms with Gasteiger partial charge in [-0.05, 0) is 42.3 Å². The van der Waals surface area contributed by atoms with E-state index in [-0.39, 0.29) is 12.3 Å². The van der Waals surface area contributed by atoms with Crippen molar-refractivity contribution in [3.05, 3.63) is 83.6 Å². The molecule has 1 amide bonds. The highest BCUT2D eigenvalue weighted by molar-refractivity contribution is 5.91. The van der Waals surface area contributed by atoms with Crippen molar-refractivity contribution in [2.75, 3.05) is 10.6 Å². The number of anilines is 3. The maximum atomic E-state index is 13.2. The molecule has 6 heteroatoms. The SMILES string of the molecule is Cc1ccccc1CC(=O)Nc1ccc(Nc2ccc(F)c(F)c2)cn1. The van der Waals surface area contributed by atoms with Gasteiger partial charge in [-0.25, -0.2) is 13.8 Å². The first-order chi connectivity index (χ1) is 12.5. The number of aromatic nitrogens is 1. The molecule has 0 saturated heterocycles. The quantitative estimate of drug-likeness (QED) is 0.705. The van der Waals surface area contributed by atoms with E-state index in [1.807, 2.05) is 31.2 Å². The van der Waals surface area contributed by atoms with Gasteiger partial charge in [-0.1, -0.05) is 24.3 Å². The molecule has 3 rings (SSSR count). The highest BCUT2D eigenvalue weighted by atomic mass is 19.2. The Labute approximate surface area is 149 Å². The summed E-state index contributed by atoms with van der Waals surface area (Å²) in [5, 5.41) is 5.66. The molecular formula is C20H17F2N3O. The highest BCUT2D eigenvalue weighted by Crippen LogP contribution is 2.19. The number of nitrogens with one attached hydrogen (secondary N) is 2. The lowest BCUT2D eigenvalue weighted by atomic mass is 10.1. The average molecular weight is 353 g/mol. The van der Waals surface area contributed by atoms with Crippen LogP contribution in [0.2, 0.25) is 0 Å². The summed E-state index contributed by atoms with van der Waals surface area (Å²) in [6.45, 7) is 1.96. The van der Waals surface area contributed by atoms with Crippen LogP contribution in [-0.4, -0.2) is 10.9 Å². The van der Waals surface area contributed by atoms with Gasteiger partial charge in [0.25, 0.3) is 0 Å². The summed E-state index contributed by atoms with van der Waals surface area (Å²) in [6.07, 6.45) is 1.77. The fourth-order valence-electron chi connectivity index (χ4n) is 2.45. The van der Waals surface area contributed by atoms with Gasteiger partial charge in [0.05, 0.1) is 18.3 Å². The van der Waals surface area contributed by atoms with Crippen molar-refractivity contribution in [3.8, 4) is 0 Å². The predicted molar refractivity (Wildman–Crippen MR) is 97.4 cm³/mol. The molecule has 0 aliphatic carbocycles. The van der Waals surface area contributed by atoms with Crippen molar-refractivity contribution in [2.24, 2.45) is 0 Å². The largest absolute Gasteiger partial charge is 0.354 e. The van der Waals surface area contributed by atoms with E-state index in [1.165, 1.54) is 12.3 Å². The molecule has 0 radical (unpaired) electrons. The van der Waals surface area contributed by atoms with Crippen LogP contribution in [0.3, 0.4) is 0 Å². The molecule has 3 aromatic rings. The molecule has 132 valence electrons. The van der Waals surface area contributed by atoms with E-state index in [2.05, 4.69) is 15.6 Å². The number of amides is 1. The first-order valence-corrected chi connectivity index (χ1v) is 8.04. The van der Waals surface area contributed by atoms with Gasteiger partial charge in [-0.15, -0.1) is 0 Å². The summed E-state index contributed by atoms with van der Waals surface area (Å²) < 4.78 is 26.2. The monoisotopic (exact) mass is 353 g/mol. The van der Waals surface area contributed by atoms with Gasteiger partial charge in [0.1, 0.15) is 5.82 Å². The number of nitrogens with zero attached hydrogens (tertiary/aromatic N) is 1. The van der Waals surface area contributed by atoms with Crippen LogP contribution in [0.15, 0.2) is 60.8 Å². The van der Waals surface area contributed by atoms with Gasteiger partial charge in [-0.3, -0.25) is 4.79 Å². The van der Waals surface area contributed by atoms with Crippen LogP contribution in [0, 0.1) is 18.6 Å². The van der Waals surface area contributed by atoms with Crippen molar-refractivity contribution in [1.29, 1.82) is 0 Å². The number of halogens is 2. The van der Waals surface area contributed by atoms with Crippen LogP contribution in [0.4, 0.5) is 26.0 Å². The molecule has 0 bridgehead atoms. The summed E-state index contributed by atoms with van der Waals surface area (Å²) in [5.74, 6) is -1.57. The third-order valence-electron chi connectivity index (χ3n) is 3.85. The Morgan fingerprint density at radius 1 is 1.00 bits per heavy atom. The topological polar surface area (TPSA) is 54.0 Å². The van der Waals surface area contributed by atoms with Crippen molar-refractivity contribution < 1.29 is 13.6 Å². The standard InChI is InChI=1S/C20H17F2N3O/c1-13-4-2-3-5-14(13)10-20(26)25-19-9-7-16(12-23-19)24-15-6-8-17(21)18(22)11-15/h2-9,11-12,24H,10H2,1H3,(H,23,25,26). The van der Waals surface area contributed by atoms with Crippen LogP contribution in [0.1, 0.15) is 11.1 Å². The molecule has 26 heavy (non-hydrogen) atoms. The second-order valence-corrected chi connectivity index (χ2v) is 5.84. The number of carbonyl (C=O) groups is 1. The molecule has 0 atom stereocenters. The molecule has 0 fully saturated rings. The Kier molecular flexibility index (Phi) is 5.22. The lowest BCUT2D eigenvalue weighted by Crippen LogP contribution is -2.15. The molecule has 1 aromatic heterocycles. The smallest absolute Gasteiger partial charge is 0.229 e. The molecular weight excluding hydrogens is 336 g/mol. The molecule has 1 heterocycles. The number of benzene rings is 2. The van der Waals surface area contributed by atoms with E-state index in [0.717, 1.165) is 23.3 Å². The minimum atomic E-state index is -0.928. The van der Waals surface area contributed by atoms with Gasteiger partial charge in [-0.2, -0.15) is 0 Å². The number of aryl methyl sites for hydroxylation is 1. The molecule has 0 saturated carbocycles. The number of hydrogen-bond donors (Lipinski definition) is 2. The zero-order chi connectivity index (χ0) is 18.5. The van der Waals surface area contributed by atoms with E-state index < -0.39 is 11.6 Å². The number of pyridine rings is 1. The maximum Gasteiger partial charge on any atom is 0.229 e. The van der Waals surface area contributed by atoms with Crippen LogP contribution in [-0.2, 0) is 11.2 Å². The van der Waals surface area contributed by atoms with Gasteiger partial charge in [0.2, 0.25) is 5.91 Å². The number of carbonyl (C=O) groups excluding carboxylic acids is 1. The van der Waals surface area contributed by atoms with E-state index >= 15 is 0 Å². The van der Waals surface area contributed by atoms with Crippen molar-refractivity contribution >= 4 is 23.1 Å². The minimum absolute atomic E-state index is 0.159. The van der Waals surface area contributed by atoms with Gasteiger partial charge in [0, 0.05) is 11.8 Å². The Hall–Kier alpha value is -3.28. The Morgan fingerprint density at radius 3 is 2.46 bits per heavy atom. The first kappa shape index (κ1) is 17.5. The second-order valence-electron chi connectivity index (χ2n) is 5.84. The number of rotatable bonds is 5. The zero-order valence-corrected chi connectivity index (χ0v) is 14.1. The molecule has 0 unspecified atom stereocenters. The summed E-state index contributed by atoms with van der Waals surface area (Å²) in [4.78, 5) is 16.3. The van der Waals surface area contributed by atoms with Gasteiger partial charge < -0.3 is 10.6 Å². The predicted octanol–water partition coefficient (Wildman–Crippen LogP) is 4.59. The van der Waals surface area contributed by atoms with E-state index in [9.17, 15) is 13.6 Å². The minimum Gasteiger partial charge on any atom is -0.354 e. The molecule has 2 N–H and O–H groups in total. The summed E-state index contributed by atoms with van der Waals surface area (Å²) >= 11 is 0. The second kappa shape index (κ2) is 7.74. The highest BCUT2D eigenvalue weighted by Gasteiger charge is 2.07. The van der Waals surface area contributed by atoms with Crippen molar-refractivity contribution in [1.82, 2.24) is 4.98 Å². The number of hydrogen-bond acceptors (Lipinski definition) is 3. The normalized spacial score (nSPS) is 10.4. The Balaban J connectivity index is 1.61. The Morgan fingerprint density at radius 2 is 1.77 bits per heavy atom. The third-order valence-corrected chi connectivity index (χ3v) is 3.85. The molecule has 2 aromatic carbocycles. The summed E-state index contributed by atoms with van der Waals surface area (Å²) in [7, 11) is 0. The van der Waals surface area contributed by atoms with Crippen LogP contribution >= 0.6 is 0 Å². The van der Waals surface area contributed by atoms with E-state index in [0.29, 0.717) is 17.2 Å². The zero-order valence-electron chi connectivity index (χ0n) is 14.1. The molecule has 0 aliphatic heterocycles.